The van der Waals surface area contributed by atoms with Crippen LogP contribution in [0.2, 0.25) is 10.0 Å². The zero-order chi connectivity index (χ0) is 19.0. The van der Waals surface area contributed by atoms with Crippen LogP contribution < -0.4 is 0 Å². The molecule has 26 heavy (non-hydrogen) atoms. The minimum absolute atomic E-state index is 0.0667. The van der Waals surface area contributed by atoms with Crippen LogP contribution in [-0.4, -0.2) is 23.8 Å². The summed E-state index contributed by atoms with van der Waals surface area (Å²) in [6.07, 6.45) is 1.50. The molecule has 0 aliphatic carbocycles. The molecule has 0 N–H and O–H groups in total. The Morgan fingerprint density at radius 2 is 1.88 bits per heavy atom. The summed E-state index contributed by atoms with van der Waals surface area (Å²) < 4.78 is 5.76. The molecular formula is C19H12Cl2N2O3. The van der Waals surface area contributed by atoms with E-state index in [0.717, 1.165) is 4.90 Å². The van der Waals surface area contributed by atoms with Gasteiger partial charge in [-0.1, -0.05) is 23.2 Å². The van der Waals surface area contributed by atoms with Crippen LogP contribution >= 0.6 is 23.2 Å². The van der Waals surface area contributed by atoms with E-state index in [0.29, 0.717) is 32.7 Å². The molecule has 0 atom stereocenters. The van der Waals surface area contributed by atoms with Gasteiger partial charge in [-0.05, 0) is 48.9 Å². The lowest BCUT2D eigenvalue weighted by Crippen LogP contribution is -2.39. The Bertz CT molecular complexity index is 1040. The van der Waals surface area contributed by atoms with Crippen molar-refractivity contribution in [2.24, 2.45) is 0 Å². The average molecular weight is 387 g/mol. The molecule has 3 rings (SSSR count). The van der Waals surface area contributed by atoms with E-state index in [-0.39, 0.29) is 11.1 Å². The van der Waals surface area contributed by atoms with Crippen molar-refractivity contribution in [2.45, 2.75) is 6.92 Å². The molecule has 130 valence electrons. The monoisotopic (exact) mass is 386 g/mol. The van der Waals surface area contributed by atoms with Crippen molar-refractivity contribution in [3.8, 4) is 17.4 Å². The molecule has 0 saturated heterocycles. The molecular weight excluding hydrogens is 375 g/mol. The maximum absolute atomic E-state index is 12.4. The van der Waals surface area contributed by atoms with Crippen molar-refractivity contribution in [3.05, 3.63) is 62.9 Å². The number of carbonyl (C=O) groups is 2. The van der Waals surface area contributed by atoms with Gasteiger partial charge >= 0.3 is 0 Å². The van der Waals surface area contributed by atoms with Crippen LogP contribution in [0.1, 0.15) is 12.7 Å². The van der Waals surface area contributed by atoms with Gasteiger partial charge in [-0.3, -0.25) is 14.5 Å². The van der Waals surface area contributed by atoms with Gasteiger partial charge in [0.2, 0.25) is 0 Å². The van der Waals surface area contributed by atoms with Crippen LogP contribution in [0, 0.1) is 11.3 Å². The van der Waals surface area contributed by atoms with E-state index in [2.05, 4.69) is 0 Å². The Balaban J connectivity index is 2.06. The number of hydrogen-bond donors (Lipinski definition) is 0. The predicted octanol–water partition coefficient (Wildman–Crippen LogP) is 4.48. The van der Waals surface area contributed by atoms with E-state index < -0.39 is 11.8 Å². The van der Waals surface area contributed by atoms with Crippen LogP contribution in [0.25, 0.3) is 17.4 Å². The van der Waals surface area contributed by atoms with E-state index in [1.807, 2.05) is 6.07 Å². The number of nitrogens with zero attached hydrogens (tertiary/aromatic N) is 2. The predicted molar refractivity (Wildman–Crippen MR) is 98.2 cm³/mol. The van der Waals surface area contributed by atoms with Crippen molar-refractivity contribution < 1.29 is 14.0 Å². The first-order chi connectivity index (χ1) is 12.3. The third-order valence-corrected chi connectivity index (χ3v) is 4.62. The Labute approximate surface area is 159 Å². The SMILES string of the molecule is CC1=C(C#N)C(=O)N(C)C(=O)/C1=C/c1ccc(-c2cc(Cl)ccc2Cl)o1. The quantitative estimate of drug-likeness (QED) is 0.563. The number of imide groups is 1. The topological polar surface area (TPSA) is 74.3 Å². The standard InChI is InChI=1S/C19H12Cl2N2O3/c1-10-13(18(24)23(2)19(25)15(10)9-22)8-12-4-6-17(26-12)14-7-11(20)3-5-16(14)21/h3-8H,1-2H3/b13-8+. The zero-order valence-corrected chi connectivity index (χ0v) is 15.4. The molecule has 7 heteroatoms. The minimum Gasteiger partial charge on any atom is -0.457 e. The molecule has 0 unspecified atom stereocenters. The summed E-state index contributed by atoms with van der Waals surface area (Å²) in [7, 11) is 1.33. The van der Waals surface area contributed by atoms with Gasteiger partial charge in [0.15, 0.2) is 0 Å². The number of rotatable bonds is 2. The smallest absolute Gasteiger partial charge is 0.271 e. The number of halogens is 2. The molecule has 0 spiro atoms. The Morgan fingerprint density at radius 1 is 1.15 bits per heavy atom. The molecule has 5 nitrogen and oxygen atoms in total. The van der Waals surface area contributed by atoms with Gasteiger partial charge in [0.25, 0.3) is 11.8 Å². The van der Waals surface area contributed by atoms with Crippen LogP contribution in [0.5, 0.6) is 0 Å². The minimum atomic E-state index is -0.613. The largest absolute Gasteiger partial charge is 0.457 e. The molecule has 0 radical (unpaired) electrons. The summed E-state index contributed by atoms with van der Waals surface area (Å²) in [6.45, 7) is 1.56. The van der Waals surface area contributed by atoms with Crippen molar-refractivity contribution in [1.29, 1.82) is 5.26 Å². The molecule has 0 bridgehead atoms. The van der Waals surface area contributed by atoms with E-state index in [1.54, 1.807) is 37.3 Å². The molecule has 2 aromatic rings. The number of benzene rings is 1. The van der Waals surface area contributed by atoms with Gasteiger partial charge in [0.05, 0.1) is 5.02 Å². The van der Waals surface area contributed by atoms with Crippen LogP contribution in [0.4, 0.5) is 0 Å². The summed E-state index contributed by atoms with van der Waals surface area (Å²) in [5.41, 5.74) is 1.10. The molecule has 1 aliphatic heterocycles. The van der Waals surface area contributed by atoms with Crippen molar-refractivity contribution in [3.63, 3.8) is 0 Å². The summed E-state index contributed by atoms with van der Waals surface area (Å²) in [4.78, 5) is 25.3. The van der Waals surface area contributed by atoms with Crippen molar-refractivity contribution in [1.82, 2.24) is 4.90 Å². The first kappa shape index (κ1) is 18.0. The van der Waals surface area contributed by atoms with Gasteiger partial charge in [-0.15, -0.1) is 0 Å². The number of hydrogen-bond acceptors (Lipinski definition) is 4. The molecule has 0 fully saturated rings. The maximum Gasteiger partial charge on any atom is 0.271 e. The molecule has 0 saturated carbocycles. The fraction of sp³-hybridized carbons (Fsp3) is 0.105. The number of likely N-dealkylation sites (N-methyl/N-ethyl adjacent to an activating group) is 1. The molecule has 2 amide bonds. The summed E-state index contributed by atoms with van der Waals surface area (Å²) in [6, 6.07) is 10.2. The van der Waals surface area contributed by atoms with Crippen LogP contribution in [0.15, 0.2) is 51.5 Å². The van der Waals surface area contributed by atoms with E-state index in [1.165, 1.54) is 13.1 Å². The highest BCUT2D eigenvalue weighted by atomic mass is 35.5. The molecule has 1 aromatic heterocycles. The number of furan rings is 1. The first-order valence-corrected chi connectivity index (χ1v) is 8.29. The second-order valence-corrected chi connectivity index (χ2v) is 6.51. The molecule has 1 aliphatic rings. The summed E-state index contributed by atoms with van der Waals surface area (Å²) in [5.74, 6) is -0.235. The summed E-state index contributed by atoms with van der Waals surface area (Å²) in [5, 5.41) is 10.2. The van der Waals surface area contributed by atoms with Gasteiger partial charge in [0, 0.05) is 23.2 Å². The van der Waals surface area contributed by atoms with Crippen LogP contribution in [-0.2, 0) is 9.59 Å². The van der Waals surface area contributed by atoms with Crippen molar-refractivity contribution in [2.75, 3.05) is 7.05 Å². The lowest BCUT2D eigenvalue weighted by Gasteiger charge is -2.23. The average Bonchev–Trinajstić information content (AvgIpc) is 3.08. The van der Waals surface area contributed by atoms with Gasteiger partial charge < -0.3 is 4.42 Å². The number of nitriles is 1. The highest BCUT2D eigenvalue weighted by Gasteiger charge is 2.33. The first-order valence-electron chi connectivity index (χ1n) is 7.54. The van der Waals surface area contributed by atoms with Gasteiger partial charge in [-0.25, -0.2) is 0 Å². The van der Waals surface area contributed by atoms with E-state index in [9.17, 15) is 14.9 Å². The van der Waals surface area contributed by atoms with Crippen LogP contribution in [0.3, 0.4) is 0 Å². The Hall–Kier alpha value is -2.81. The van der Waals surface area contributed by atoms with E-state index >= 15 is 0 Å². The Morgan fingerprint density at radius 3 is 2.58 bits per heavy atom. The zero-order valence-electron chi connectivity index (χ0n) is 13.8. The Kier molecular flexibility index (Phi) is 4.73. The second-order valence-electron chi connectivity index (χ2n) is 5.67. The van der Waals surface area contributed by atoms with Crippen molar-refractivity contribution >= 4 is 41.1 Å². The van der Waals surface area contributed by atoms with E-state index in [4.69, 9.17) is 27.6 Å². The second kappa shape index (κ2) is 6.83. The normalized spacial score (nSPS) is 16.4. The third-order valence-electron chi connectivity index (χ3n) is 4.05. The lowest BCUT2D eigenvalue weighted by molar-refractivity contribution is -0.138. The molecule has 2 heterocycles. The van der Waals surface area contributed by atoms with Gasteiger partial charge in [0.1, 0.15) is 23.2 Å². The highest BCUT2D eigenvalue weighted by Crippen LogP contribution is 2.33. The number of carbonyl (C=O) groups excluding carboxylic acids is 2. The summed E-state index contributed by atoms with van der Waals surface area (Å²) >= 11 is 12.2. The molecule has 1 aromatic carbocycles. The fourth-order valence-corrected chi connectivity index (χ4v) is 2.98. The lowest BCUT2D eigenvalue weighted by atomic mass is 9.95. The fourth-order valence-electron chi connectivity index (χ4n) is 2.60. The third kappa shape index (κ3) is 3.05. The highest BCUT2D eigenvalue weighted by molar-refractivity contribution is 6.35. The van der Waals surface area contributed by atoms with Gasteiger partial charge in [-0.2, -0.15) is 5.26 Å². The number of amides is 2. The maximum atomic E-state index is 12.4.